The number of methoxy groups -OCH3 is 2. The minimum Gasteiger partial charge on any atom is -0.493 e. The summed E-state index contributed by atoms with van der Waals surface area (Å²) < 4.78 is 11.4. The van der Waals surface area contributed by atoms with Gasteiger partial charge in [-0.15, -0.1) is 0 Å². The molecule has 0 spiro atoms. The van der Waals surface area contributed by atoms with Gasteiger partial charge < -0.3 is 20.1 Å². The van der Waals surface area contributed by atoms with E-state index in [0.29, 0.717) is 22.9 Å². The molecule has 0 saturated carbocycles. The van der Waals surface area contributed by atoms with Crippen molar-refractivity contribution in [1.29, 1.82) is 0 Å². The number of halogens is 1. The summed E-state index contributed by atoms with van der Waals surface area (Å²) in [5, 5.41) is 5.47. The Kier molecular flexibility index (Phi) is 6.03. The molecule has 0 aliphatic heterocycles. The number of hydrogen-bond acceptors (Lipinski definition) is 4. The molecule has 2 N–H and O–H groups in total. The minimum absolute atomic E-state index is 0.272. The number of nitrogens with one attached hydrogen (secondary N) is 2. The largest absolute Gasteiger partial charge is 0.493 e. The highest BCUT2D eigenvalue weighted by molar-refractivity contribution is 9.10. The lowest BCUT2D eigenvalue weighted by molar-refractivity contribution is -0.114. The Bertz CT molecular complexity index is 821. The number of benzene rings is 2. The van der Waals surface area contributed by atoms with E-state index in [-0.39, 0.29) is 17.4 Å². The van der Waals surface area contributed by atoms with E-state index < -0.39 is 0 Å². The van der Waals surface area contributed by atoms with Crippen molar-refractivity contribution < 1.29 is 19.1 Å². The van der Waals surface area contributed by atoms with Crippen LogP contribution in [0, 0.1) is 6.92 Å². The fraction of sp³-hybridized carbons (Fsp3) is 0.222. The molecule has 2 rings (SSSR count). The summed E-state index contributed by atoms with van der Waals surface area (Å²) in [5.74, 6) is 0.156. The zero-order valence-electron chi connectivity index (χ0n) is 14.4. The van der Waals surface area contributed by atoms with Crippen LogP contribution in [-0.4, -0.2) is 26.0 Å². The van der Waals surface area contributed by atoms with Crippen LogP contribution >= 0.6 is 15.9 Å². The van der Waals surface area contributed by atoms with Crippen molar-refractivity contribution in [3.05, 3.63) is 45.9 Å². The average molecular weight is 407 g/mol. The maximum Gasteiger partial charge on any atom is 0.257 e. The molecule has 2 aromatic carbocycles. The fourth-order valence-corrected chi connectivity index (χ4v) is 2.53. The Morgan fingerprint density at radius 2 is 1.64 bits per heavy atom. The van der Waals surface area contributed by atoms with Crippen molar-refractivity contribution in [3.8, 4) is 11.5 Å². The van der Waals surface area contributed by atoms with E-state index in [2.05, 4.69) is 26.6 Å². The van der Waals surface area contributed by atoms with Crippen molar-refractivity contribution in [2.75, 3.05) is 24.9 Å². The van der Waals surface area contributed by atoms with Gasteiger partial charge in [0.25, 0.3) is 5.91 Å². The molecule has 0 atom stereocenters. The molecule has 0 aromatic heterocycles. The molecule has 0 radical (unpaired) electrons. The van der Waals surface area contributed by atoms with Crippen molar-refractivity contribution in [1.82, 2.24) is 0 Å². The van der Waals surface area contributed by atoms with Gasteiger partial charge in [-0.3, -0.25) is 9.59 Å². The third-order valence-corrected chi connectivity index (χ3v) is 4.38. The lowest BCUT2D eigenvalue weighted by Gasteiger charge is -2.15. The molecule has 0 saturated heterocycles. The smallest absolute Gasteiger partial charge is 0.257 e. The number of carbonyl (C=O) groups is 2. The molecule has 0 heterocycles. The predicted octanol–water partition coefficient (Wildman–Crippen LogP) is 3.99. The van der Waals surface area contributed by atoms with Crippen LogP contribution in [-0.2, 0) is 4.79 Å². The summed E-state index contributed by atoms with van der Waals surface area (Å²) in [6.45, 7) is 3.30. The third kappa shape index (κ3) is 4.51. The molecule has 2 amide bonds. The molecule has 0 aliphatic rings. The lowest BCUT2D eigenvalue weighted by Crippen LogP contribution is -2.17. The maximum absolute atomic E-state index is 12.7. The van der Waals surface area contributed by atoms with E-state index in [1.807, 2.05) is 19.1 Å². The number of ether oxygens (including phenoxy) is 2. The van der Waals surface area contributed by atoms with E-state index >= 15 is 0 Å². The number of anilines is 2. The molecule has 25 heavy (non-hydrogen) atoms. The second-order valence-electron chi connectivity index (χ2n) is 5.35. The summed E-state index contributed by atoms with van der Waals surface area (Å²) in [6, 6.07) is 8.58. The molecule has 6 nitrogen and oxygen atoms in total. The fourth-order valence-electron chi connectivity index (χ4n) is 2.28. The third-order valence-electron chi connectivity index (χ3n) is 3.49. The van der Waals surface area contributed by atoms with Crippen LogP contribution in [0.2, 0.25) is 0 Å². The normalized spacial score (nSPS) is 10.1. The molecular formula is C18H19BrN2O4. The van der Waals surface area contributed by atoms with E-state index in [1.165, 1.54) is 27.2 Å². The highest BCUT2D eigenvalue weighted by Gasteiger charge is 2.18. The SMILES string of the molecule is COc1cc(NC(C)=O)c(C(=O)Nc2ccc(Br)c(C)c2)cc1OC. The number of hydrogen-bond donors (Lipinski definition) is 2. The van der Waals surface area contributed by atoms with Gasteiger partial charge in [-0.1, -0.05) is 15.9 Å². The number of carbonyl (C=O) groups excluding carboxylic acids is 2. The number of amides is 2. The molecule has 0 fully saturated rings. The monoisotopic (exact) mass is 406 g/mol. The standard InChI is InChI=1S/C18H19BrN2O4/c1-10-7-12(5-6-14(10)19)21-18(23)13-8-16(24-3)17(25-4)9-15(13)20-11(2)22/h5-9H,1-4H3,(H,20,22)(H,21,23). The average Bonchev–Trinajstić information content (AvgIpc) is 2.57. The first-order valence-corrected chi connectivity index (χ1v) is 8.26. The number of aryl methyl sites for hydroxylation is 1. The van der Waals surface area contributed by atoms with Gasteiger partial charge in [-0.25, -0.2) is 0 Å². The van der Waals surface area contributed by atoms with Gasteiger partial charge in [0.15, 0.2) is 11.5 Å². The Morgan fingerprint density at radius 3 is 2.20 bits per heavy atom. The molecule has 7 heteroatoms. The molecule has 0 unspecified atom stereocenters. The van der Waals surface area contributed by atoms with E-state index in [1.54, 1.807) is 12.1 Å². The summed E-state index contributed by atoms with van der Waals surface area (Å²) in [7, 11) is 2.97. The van der Waals surface area contributed by atoms with Crippen molar-refractivity contribution in [2.24, 2.45) is 0 Å². The van der Waals surface area contributed by atoms with Crippen molar-refractivity contribution in [2.45, 2.75) is 13.8 Å². The first-order valence-electron chi connectivity index (χ1n) is 7.46. The maximum atomic E-state index is 12.7. The van der Waals surface area contributed by atoms with Gasteiger partial charge in [0.1, 0.15) is 0 Å². The summed E-state index contributed by atoms with van der Waals surface area (Å²) in [4.78, 5) is 24.2. The van der Waals surface area contributed by atoms with Gasteiger partial charge in [-0.05, 0) is 36.8 Å². The number of rotatable bonds is 5. The molecule has 132 valence electrons. The van der Waals surface area contributed by atoms with Gasteiger partial charge in [-0.2, -0.15) is 0 Å². The Labute approximate surface area is 154 Å². The van der Waals surface area contributed by atoms with Crippen molar-refractivity contribution in [3.63, 3.8) is 0 Å². The van der Waals surface area contributed by atoms with Crippen LogP contribution in [0.1, 0.15) is 22.8 Å². The van der Waals surface area contributed by atoms with Gasteiger partial charge in [0.05, 0.1) is 25.5 Å². The molecular weight excluding hydrogens is 388 g/mol. The molecule has 0 aliphatic carbocycles. The first-order chi connectivity index (χ1) is 11.8. The van der Waals surface area contributed by atoms with Crippen LogP contribution in [0.25, 0.3) is 0 Å². The highest BCUT2D eigenvalue weighted by Crippen LogP contribution is 2.34. The zero-order chi connectivity index (χ0) is 18.6. The zero-order valence-corrected chi connectivity index (χ0v) is 16.0. The Hall–Kier alpha value is -2.54. The van der Waals surface area contributed by atoms with Crippen LogP contribution in [0.3, 0.4) is 0 Å². The Balaban J connectivity index is 2.41. The minimum atomic E-state index is -0.369. The van der Waals surface area contributed by atoms with Crippen LogP contribution in [0.15, 0.2) is 34.8 Å². The second kappa shape index (κ2) is 8.02. The lowest BCUT2D eigenvalue weighted by atomic mass is 10.1. The highest BCUT2D eigenvalue weighted by atomic mass is 79.9. The topological polar surface area (TPSA) is 76.7 Å². The quantitative estimate of drug-likeness (QED) is 0.786. The molecule has 0 bridgehead atoms. The van der Waals surface area contributed by atoms with Crippen LogP contribution < -0.4 is 20.1 Å². The Morgan fingerprint density at radius 1 is 1.00 bits per heavy atom. The van der Waals surface area contributed by atoms with Gasteiger partial charge >= 0.3 is 0 Å². The van der Waals surface area contributed by atoms with E-state index in [4.69, 9.17) is 9.47 Å². The van der Waals surface area contributed by atoms with Crippen LogP contribution in [0.4, 0.5) is 11.4 Å². The summed E-state index contributed by atoms with van der Waals surface area (Å²) in [5.41, 5.74) is 2.26. The first kappa shape index (κ1) is 18.8. The van der Waals surface area contributed by atoms with Crippen LogP contribution in [0.5, 0.6) is 11.5 Å². The van der Waals surface area contributed by atoms with Gasteiger partial charge in [0.2, 0.25) is 5.91 Å². The molecule has 2 aromatic rings. The second-order valence-corrected chi connectivity index (χ2v) is 6.21. The summed E-state index contributed by atoms with van der Waals surface area (Å²) >= 11 is 3.42. The van der Waals surface area contributed by atoms with E-state index in [9.17, 15) is 9.59 Å². The van der Waals surface area contributed by atoms with E-state index in [0.717, 1.165) is 10.0 Å². The van der Waals surface area contributed by atoms with Gasteiger partial charge in [0, 0.05) is 23.2 Å². The summed E-state index contributed by atoms with van der Waals surface area (Å²) in [6.07, 6.45) is 0. The van der Waals surface area contributed by atoms with Crippen molar-refractivity contribution >= 4 is 39.1 Å². The predicted molar refractivity (Wildman–Crippen MR) is 101 cm³/mol.